The Labute approximate surface area is 140 Å². The molecule has 1 aliphatic rings. The van der Waals surface area contributed by atoms with Crippen molar-refractivity contribution in [3.63, 3.8) is 0 Å². The van der Waals surface area contributed by atoms with E-state index in [0.29, 0.717) is 0 Å². The molecule has 0 aromatic heterocycles. The Bertz CT molecular complexity index is 957. The summed E-state index contributed by atoms with van der Waals surface area (Å²) in [6, 6.07) is 6.93. The first-order valence-corrected chi connectivity index (χ1v) is 7.01. The van der Waals surface area contributed by atoms with Crippen LogP contribution < -0.4 is 5.32 Å². The monoisotopic (exact) mass is 343 g/mol. The number of hydrogen-bond donors (Lipinski definition) is 1. The number of benzene rings is 2. The van der Waals surface area contributed by atoms with Gasteiger partial charge in [-0.15, -0.1) is 0 Å². The molecule has 0 saturated heterocycles. The number of carbonyl (C=O) groups is 3. The zero-order valence-corrected chi connectivity index (χ0v) is 12.8. The minimum atomic E-state index is -1.02. The van der Waals surface area contributed by atoms with Gasteiger partial charge in [-0.05, 0) is 30.3 Å². The average Bonchev–Trinajstić information content (AvgIpc) is 2.80. The van der Waals surface area contributed by atoms with E-state index in [1.165, 1.54) is 31.3 Å². The fourth-order valence-corrected chi connectivity index (χ4v) is 2.44. The highest BCUT2D eigenvalue weighted by atomic mass is 19.1. The van der Waals surface area contributed by atoms with Crippen molar-refractivity contribution in [1.82, 2.24) is 4.90 Å². The number of amides is 3. The smallest absolute Gasteiger partial charge is 0.306 e. The molecule has 0 unspecified atom stereocenters. The SMILES string of the molecule is CN1C(=O)c2ccc(C(=O)Nc3ccc(F)c([N+](=O)[O-])c3)cc2C1=O. The summed E-state index contributed by atoms with van der Waals surface area (Å²) in [7, 11) is 1.34. The fraction of sp³-hybridized carbons (Fsp3) is 0.0625. The number of anilines is 1. The summed E-state index contributed by atoms with van der Waals surface area (Å²) in [6.45, 7) is 0. The van der Waals surface area contributed by atoms with Crippen LogP contribution in [0.15, 0.2) is 36.4 Å². The van der Waals surface area contributed by atoms with E-state index in [0.717, 1.165) is 17.0 Å². The highest BCUT2D eigenvalue weighted by molar-refractivity contribution is 6.22. The lowest BCUT2D eigenvalue weighted by Gasteiger charge is -2.06. The maximum absolute atomic E-state index is 13.3. The fourth-order valence-electron chi connectivity index (χ4n) is 2.44. The summed E-state index contributed by atoms with van der Waals surface area (Å²) >= 11 is 0. The molecule has 0 atom stereocenters. The Morgan fingerprint density at radius 2 is 1.80 bits per heavy atom. The zero-order chi connectivity index (χ0) is 18.3. The second-order valence-electron chi connectivity index (χ2n) is 5.31. The van der Waals surface area contributed by atoms with Gasteiger partial charge in [0.1, 0.15) is 0 Å². The number of carbonyl (C=O) groups excluding carboxylic acids is 3. The van der Waals surface area contributed by atoms with Crippen LogP contribution in [0.5, 0.6) is 0 Å². The van der Waals surface area contributed by atoms with Gasteiger partial charge in [0.2, 0.25) is 5.82 Å². The molecule has 0 fully saturated rings. The maximum Gasteiger partial charge on any atom is 0.306 e. The van der Waals surface area contributed by atoms with Crippen molar-refractivity contribution in [2.75, 3.05) is 12.4 Å². The highest BCUT2D eigenvalue weighted by Gasteiger charge is 2.33. The van der Waals surface area contributed by atoms with Crippen LogP contribution in [0, 0.1) is 15.9 Å². The van der Waals surface area contributed by atoms with Crippen LogP contribution in [-0.2, 0) is 0 Å². The standard InChI is InChI=1S/C16H10FN3O5/c1-19-15(22)10-4-2-8(6-11(10)16(19)23)14(21)18-9-3-5-12(17)13(7-9)20(24)25/h2-7H,1H3,(H,18,21). The van der Waals surface area contributed by atoms with Gasteiger partial charge in [-0.1, -0.05) is 0 Å². The molecule has 0 radical (unpaired) electrons. The lowest BCUT2D eigenvalue weighted by atomic mass is 10.1. The third-order valence-corrected chi connectivity index (χ3v) is 3.75. The quantitative estimate of drug-likeness (QED) is 0.522. The average molecular weight is 343 g/mol. The van der Waals surface area contributed by atoms with Crippen molar-refractivity contribution >= 4 is 29.1 Å². The van der Waals surface area contributed by atoms with Crippen LogP contribution in [0.2, 0.25) is 0 Å². The molecule has 2 aromatic rings. The van der Waals surface area contributed by atoms with Gasteiger partial charge in [0, 0.05) is 24.4 Å². The second-order valence-corrected chi connectivity index (χ2v) is 5.31. The molecule has 1 aliphatic heterocycles. The largest absolute Gasteiger partial charge is 0.322 e. The number of rotatable bonds is 3. The number of halogens is 1. The number of hydrogen-bond acceptors (Lipinski definition) is 5. The second kappa shape index (κ2) is 5.78. The molecular weight excluding hydrogens is 333 g/mol. The van der Waals surface area contributed by atoms with E-state index in [-0.39, 0.29) is 22.4 Å². The van der Waals surface area contributed by atoms with Crippen LogP contribution in [0.3, 0.4) is 0 Å². The molecule has 0 aliphatic carbocycles. The van der Waals surface area contributed by atoms with Gasteiger partial charge in [-0.25, -0.2) is 0 Å². The van der Waals surface area contributed by atoms with Crippen LogP contribution in [-0.4, -0.2) is 34.6 Å². The Kier molecular flexibility index (Phi) is 3.76. The van der Waals surface area contributed by atoms with E-state index in [1.54, 1.807) is 0 Å². The molecule has 2 aromatic carbocycles. The first kappa shape index (κ1) is 16.2. The van der Waals surface area contributed by atoms with Gasteiger partial charge in [0.15, 0.2) is 0 Å². The minimum absolute atomic E-state index is 0.0260. The van der Waals surface area contributed by atoms with E-state index in [2.05, 4.69) is 5.32 Å². The molecule has 3 rings (SSSR count). The Balaban J connectivity index is 1.89. The predicted molar refractivity (Wildman–Crippen MR) is 83.9 cm³/mol. The number of nitrogens with one attached hydrogen (secondary N) is 1. The first-order chi connectivity index (χ1) is 11.8. The Morgan fingerprint density at radius 3 is 2.48 bits per heavy atom. The molecule has 0 spiro atoms. The van der Waals surface area contributed by atoms with Gasteiger partial charge < -0.3 is 5.32 Å². The van der Waals surface area contributed by atoms with Crippen molar-refractivity contribution in [2.45, 2.75) is 0 Å². The Morgan fingerprint density at radius 1 is 1.12 bits per heavy atom. The van der Waals surface area contributed by atoms with E-state index < -0.39 is 34.1 Å². The third-order valence-electron chi connectivity index (χ3n) is 3.75. The number of fused-ring (bicyclic) bond motifs is 1. The minimum Gasteiger partial charge on any atom is -0.322 e. The summed E-state index contributed by atoms with van der Waals surface area (Å²) in [5.41, 5.74) is -0.360. The van der Waals surface area contributed by atoms with Gasteiger partial charge in [-0.3, -0.25) is 29.4 Å². The van der Waals surface area contributed by atoms with Gasteiger partial charge in [-0.2, -0.15) is 4.39 Å². The molecule has 3 amide bonds. The van der Waals surface area contributed by atoms with Crippen LogP contribution in [0.4, 0.5) is 15.8 Å². The van der Waals surface area contributed by atoms with Gasteiger partial charge in [0.05, 0.1) is 16.1 Å². The molecule has 1 heterocycles. The van der Waals surface area contributed by atoms with Crippen LogP contribution in [0.1, 0.15) is 31.1 Å². The number of nitrogens with zero attached hydrogens (tertiary/aromatic N) is 2. The molecule has 0 saturated carbocycles. The van der Waals surface area contributed by atoms with E-state index in [9.17, 15) is 28.9 Å². The van der Waals surface area contributed by atoms with Crippen molar-refractivity contribution in [2.24, 2.45) is 0 Å². The highest BCUT2D eigenvalue weighted by Crippen LogP contribution is 2.25. The third kappa shape index (κ3) is 2.71. The molecule has 0 bridgehead atoms. The molecule has 25 heavy (non-hydrogen) atoms. The predicted octanol–water partition coefficient (Wildman–Crippen LogP) is 2.21. The van der Waals surface area contributed by atoms with E-state index in [4.69, 9.17) is 0 Å². The van der Waals surface area contributed by atoms with Crippen molar-refractivity contribution in [3.8, 4) is 0 Å². The normalized spacial score (nSPS) is 13.0. The van der Waals surface area contributed by atoms with Crippen LogP contribution in [0.25, 0.3) is 0 Å². The summed E-state index contributed by atoms with van der Waals surface area (Å²) in [4.78, 5) is 46.8. The topological polar surface area (TPSA) is 110 Å². The number of imide groups is 1. The van der Waals surface area contributed by atoms with E-state index in [1.807, 2.05) is 0 Å². The molecule has 126 valence electrons. The number of nitro groups is 1. The molecular formula is C16H10FN3O5. The molecule has 1 N–H and O–H groups in total. The molecule has 8 nitrogen and oxygen atoms in total. The summed E-state index contributed by atoms with van der Waals surface area (Å²) < 4.78 is 13.3. The summed E-state index contributed by atoms with van der Waals surface area (Å²) in [6.07, 6.45) is 0. The van der Waals surface area contributed by atoms with Crippen molar-refractivity contribution < 1.29 is 23.7 Å². The van der Waals surface area contributed by atoms with Crippen molar-refractivity contribution in [1.29, 1.82) is 0 Å². The van der Waals surface area contributed by atoms with Crippen molar-refractivity contribution in [3.05, 3.63) is 69.0 Å². The summed E-state index contributed by atoms with van der Waals surface area (Å²) in [5, 5.41) is 13.1. The lowest BCUT2D eigenvalue weighted by molar-refractivity contribution is -0.387. The van der Waals surface area contributed by atoms with E-state index >= 15 is 0 Å². The summed E-state index contributed by atoms with van der Waals surface area (Å²) in [5.74, 6) is -2.65. The maximum atomic E-state index is 13.3. The first-order valence-electron chi connectivity index (χ1n) is 7.01. The zero-order valence-electron chi connectivity index (χ0n) is 12.8. The lowest BCUT2D eigenvalue weighted by Crippen LogP contribution is -2.24. The van der Waals surface area contributed by atoms with Crippen LogP contribution >= 0.6 is 0 Å². The van der Waals surface area contributed by atoms with Gasteiger partial charge in [0.25, 0.3) is 17.7 Å². The molecule has 9 heteroatoms. The Hall–Kier alpha value is -3.62. The van der Waals surface area contributed by atoms with Gasteiger partial charge >= 0.3 is 5.69 Å². The number of nitro benzene ring substituents is 1.